The van der Waals surface area contributed by atoms with Gasteiger partial charge < -0.3 is 15.4 Å². The highest BCUT2D eigenvalue weighted by Gasteiger charge is 2.25. The Hall–Kier alpha value is -1.14. The summed E-state index contributed by atoms with van der Waals surface area (Å²) in [5.74, 6) is 0.753. The summed E-state index contributed by atoms with van der Waals surface area (Å²) in [5, 5.41) is 9.75. The molecule has 2 saturated heterocycles. The van der Waals surface area contributed by atoms with Gasteiger partial charge in [0.15, 0.2) is 0 Å². The fraction of sp³-hybridized carbons (Fsp3) is 0.714. The number of hydrogen-bond donors (Lipinski definition) is 3. The molecule has 0 aliphatic carbocycles. The maximum atomic E-state index is 5.72. The molecule has 0 amide bonds. The lowest BCUT2D eigenvalue weighted by atomic mass is 9.90. The number of hydrogen-bond acceptors (Lipinski definition) is 5. The molecule has 0 bridgehead atoms. The van der Waals surface area contributed by atoms with Crippen molar-refractivity contribution in [1.29, 1.82) is 0 Å². The number of ether oxygens (including phenoxy) is 1. The molecular formula is C21H34N4O. The summed E-state index contributed by atoms with van der Waals surface area (Å²) < 4.78 is 5.72. The molecule has 3 aliphatic rings. The fourth-order valence-corrected chi connectivity index (χ4v) is 4.77. The molecule has 3 heterocycles. The minimum Gasteiger partial charge on any atom is -0.382 e. The molecule has 4 rings (SSSR count). The van der Waals surface area contributed by atoms with Gasteiger partial charge in [-0.25, -0.2) is 5.01 Å². The normalized spacial score (nSPS) is 32.7. The number of hydrazine groups is 1. The third-order valence-corrected chi connectivity index (χ3v) is 6.06. The molecule has 0 saturated carbocycles. The highest BCUT2D eigenvalue weighted by molar-refractivity contribution is 5.56. The molecule has 4 atom stereocenters. The molecule has 2 fully saturated rings. The van der Waals surface area contributed by atoms with Gasteiger partial charge in [0.1, 0.15) is 0 Å². The van der Waals surface area contributed by atoms with Gasteiger partial charge in [-0.05, 0) is 62.1 Å². The number of nitrogens with zero attached hydrogens (tertiary/aromatic N) is 1. The van der Waals surface area contributed by atoms with Crippen LogP contribution in [0.15, 0.2) is 18.2 Å². The van der Waals surface area contributed by atoms with Crippen LogP contribution in [0.5, 0.6) is 0 Å². The van der Waals surface area contributed by atoms with Gasteiger partial charge >= 0.3 is 0 Å². The summed E-state index contributed by atoms with van der Waals surface area (Å²) >= 11 is 0. The average Bonchev–Trinajstić information content (AvgIpc) is 2.61. The molecule has 3 N–H and O–H groups in total. The van der Waals surface area contributed by atoms with Gasteiger partial charge in [0.05, 0.1) is 13.2 Å². The second-order valence-electron chi connectivity index (χ2n) is 8.56. The summed E-state index contributed by atoms with van der Waals surface area (Å²) in [6, 6.07) is 8.61. The van der Waals surface area contributed by atoms with Crippen LogP contribution in [0.3, 0.4) is 0 Å². The predicted molar refractivity (Wildman–Crippen MR) is 106 cm³/mol. The van der Waals surface area contributed by atoms with E-state index < -0.39 is 0 Å². The van der Waals surface area contributed by atoms with Gasteiger partial charge in [-0.15, -0.1) is 0 Å². The molecule has 3 unspecified atom stereocenters. The minimum atomic E-state index is 0.472. The Kier molecular flexibility index (Phi) is 5.79. The number of rotatable bonds is 4. The monoisotopic (exact) mass is 358 g/mol. The second-order valence-corrected chi connectivity index (χ2v) is 8.56. The zero-order valence-electron chi connectivity index (χ0n) is 16.3. The second kappa shape index (κ2) is 8.26. The number of anilines is 1. The smallest absolute Gasteiger partial charge is 0.0621 e. The quantitative estimate of drug-likeness (QED) is 0.770. The van der Waals surface area contributed by atoms with Gasteiger partial charge in [0.25, 0.3) is 0 Å². The molecular weight excluding hydrogens is 324 g/mol. The zero-order valence-corrected chi connectivity index (χ0v) is 16.3. The first kappa shape index (κ1) is 18.2. The molecule has 0 aromatic heterocycles. The maximum absolute atomic E-state index is 5.72. The maximum Gasteiger partial charge on any atom is 0.0621 e. The van der Waals surface area contributed by atoms with Gasteiger partial charge in [0, 0.05) is 44.0 Å². The molecule has 0 spiro atoms. The Balaban J connectivity index is 1.36. The van der Waals surface area contributed by atoms with Crippen LogP contribution in [0, 0.1) is 5.92 Å². The molecule has 144 valence electrons. The Morgan fingerprint density at radius 2 is 2.12 bits per heavy atom. The lowest BCUT2D eigenvalue weighted by Gasteiger charge is -2.34. The van der Waals surface area contributed by atoms with Crippen molar-refractivity contribution in [1.82, 2.24) is 15.8 Å². The highest BCUT2D eigenvalue weighted by atomic mass is 16.5. The van der Waals surface area contributed by atoms with Crippen molar-refractivity contribution in [2.75, 3.05) is 38.7 Å². The summed E-state index contributed by atoms with van der Waals surface area (Å²) in [6.45, 7) is 6.13. The zero-order chi connectivity index (χ0) is 17.9. The van der Waals surface area contributed by atoms with E-state index in [1.54, 1.807) is 0 Å². The summed E-state index contributed by atoms with van der Waals surface area (Å²) in [5.41, 5.74) is 7.72. The number of benzene rings is 1. The molecule has 5 heteroatoms. The van der Waals surface area contributed by atoms with Crippen LogP contribution in [-0.2, 0) is 17.6 Å². The van der Waals surface area contributed by atoms with E-state index in [9.17, 15) is 0 Å². The van der Waals surface area contributed by atoms with Crippen molar-refractivity contribution >= 4 is 5.69 Å². The number of nitrogens with one attached hydrogen (secondary N) is 3. The Labute approximate surface area is 157 Å². The minimum absolute atomic E-state index is 0.472. The third kappa shape index (κ3) is 4.58. The number of morpholine rings is 1. The first-order valence-electron chi connectivity index (χ1n) is 10.3. The number of aryl methyl sites for hydroxylation is 1. The van der Waals surface area contributed by atoms with Crippen molar-refractivity contribution in [3.63, 3.8) is 0 Å². The molecule has 0 radical (unpaired) electrons. The summed E-state index contributed by atoms with van der Waals surface area (Å²) in [4.78, 5) is 0. The van der Waals surface area contributed by atoms with Crippen molar-refractivity contribution in [2.24, 2.45) is 5.92 Å². The third-order valence-electron chi connectivity index (χ3n) is 6.06. The van der Waals surface area contributed by atoms with Crippen molar-refractivity contribution in [3.05, 3.63) is 29.3 Å². The van der Waals surface area contributed by atoms with Crippen molar-refractivity contribution in [3.8, 4) is 0 Å². The Morgan fingerprint density at radius 3 is 2.96 bits per heavy atom. The van der Waals surface area contributed by atoms with Gasteiger partial charge in [-0.2, -0.15) is 0 Å². The summed E-state index contributed by atoms with van der Waals surface area (Å²) in [7, 11) is 2.15. The van der Waals surface area contributed by atoms with Crippen LogP contribution in [0.2, 0.25) is 0 Å². The first-order valence-corrected chi connectivity index (χ1v) is 10.3. The molecule has 5 nitrogen and oxygen atoms in total. The standard InChI is InChI=1S/C21H34N4O/c1-15-13-26-14-20(23-15)11-19-6-5-18-4-3-16(10-21(18)24-19)9-17-7-8-22-25(2)12-17/h3-4,10,15,17,19-20,22-24H,5-9,11-14H2,1-2H3/t15-,17?,19?,20?/m1/s1. The van der Waals surface area contributed by atoms with Crippen molar-refractivity contribution in [2.45, 2.75) is 57.2 Å². The van der Waals surface area contributed by atoms with Crippen LogP contribution in [0.25, 0.3) is 0 Å². The van der Waals surface area contributed by atoms with Crippen LogP contribution in [-0.4, -0.2) is 56.5 Å². The summed E-state index contributed by atoms with van der Waals surface area (Å²) in [6.07, 6.45) is 6.00. The van der Waals surface area contributed by atoms with E-state index in [-0.39, 0.29) is 0 Å². The molecule has 1 aromatic carbocycles. The van der Waals surface area contributed by atoms with Crippen LogP contribution >= 0.6 is 0 Å². The lowest BCUT2D eigenvalue weighted by molar-refractivity contribution is 0.0465. The Morgan fingerprint density at radius 1 is 1.19 bits per heavy atom. The predicted octanol–water partition coefficient (Wildman–Crippen LogP) is 2.18. The van der Waals surface area contributed by atoms with E-state index in [4.69, 9.17) is 4.74 Å². The average molecular weight is 359 g/mol. The Bertz CT molecular complexity index is 608. The van der Waals surface area contributed by atoms with E-state index in [0.29, 0.717) is 18.1 Å². The van der Waals surface area contributed by atoms with Crippen LogP contribution in [0.4, 0.5) is 5.69 Å². The van der Waals surface area contributed by atoms with Gasteiger partial charge in [-0.3, -0.25) is 5.43 Å². The molecule has 1 aromatic rings. The van der Waals surface area contributed by atoms with E-state index in [2.05, 4.69) is 53.2 Å². The SMILES string of the molecule is C[C@@H]1COCC(CC2CCc3ccc(CC4CCNN(C)C4)cc3N2)N1. The fourth-order valence-electron chi connectivity index (χ4n) is 4.77. The largest absolute Gasteiger partial charge is 0.382 e. The van der Waals surface area contributed by atoms with Crippen molar-refractivity contribution < 1.29 is 4.74 Å². The van der Waals surface area contributed by atoms with E-state index in [0.717, 1.165) is 38.6 Å². The van der Waals surface area contributed by atoms with Crippen LogP contribution < -0.4 is 16.1 Å². The number of fused-ring (bicyclic) bond motifs is 1. The topological polar surface area (TPSA) is 48.6 Å². The first-order chi connectivity index (χ1) is 12.7. The highest BCUT2D eigenvalue weighted by Crippen LogP contribution is 2.29. The molecule has 3 aliphatic heterocycles. The van der Waals surface area contributed by atoms with E-state index in [1.807, 2.05) is 0 Å². The van der Waals surface area contributed by atoms with Gasteiger partial charge in [-0.1, -0.05) is 12.1 Å². The van der Waals surface area contributed by atoms with Crippen LogP contribution in [0.1, 0.15) is 37.3 Å². The lowest BCUT2D eigenvalue weighted by Crippen LogP contribution is -2.49. The van der Waals surface area contributed by atoms with E-state index >= 15 is 0 Å². The van der Waals surface area contributed by atoms with E-state index in [1.165, 1.54) is 42.5 Å². The van der Waals surface area contributed by atoms with Gasteiger partial charge in [0.2, 0.25) is 0 Å². The molecule has 26 heavy (non-hydrogen) atoms.